The lowest BCUT2D eigenvalue weighted by Crippen LogP contribution is -2.48. The molecule has 2 unspecified atom stereocenters. The summed E-state index contributed by atoms with van der Waals surface area (Å²) in [5.74, 6) is 0.894. The highest BCUT2D eigenvalue weighted by Crippen LogP contribution is 2.23. The Morgan fingerprint density at radius 3 is 2.60 bits per heavy atom. The van der Waals surface area contributed by atoms with Gasteiger partial charge in [0, 0.05) is 12.1 Å². The first-order valence-electron chi connectivity index (χ1n) is 6.58. The Morgan fingerprint density at radius 1 is 1.33 bits per heavy atom. The van der Waals surface area contributed by atoms with E-state index < -0.39 is 0 Å². The molecule has 2 heteroatoms. The molecule has 0 aromatic heterocycles. The molecule has 0 saturated carbocycles. The van der Waals surface area contributed by atoms with Gasteiger partial charge in [0.15, 0.2) is 0 Å². The minimum atomic E-state index is 0.735. The summed E-state index contributed by atoms with van der Waals surface area (Å²) < 4.78 is 0. The second-order valence-corrected chi connectivity index (χ2v) is 5.21. The van der Waals surface area contributed by atoms with Crippen LogP contribution in [-0.4, -0.2) is 36.6 Å². The van der Waals surface area contributed by atoms with E-state index >= 15 is 0 Å². The molecule has 87 valence electrons. The predicted octanol–water partition coefficient (Wildman–Crippen LogP) is 2.06. The standard InChI is InChI=1S/C13H25N2/c1-3-12-6-9-15(10-7-12)11(2)13-5-4-8-14-13/h11-14H,1,3-10H2,2H3. The molecule has 0 aromatic rings. The van der Waals surface area contributed by atoms with Gasteiger partial charge in [0.25, 0.3) is 0 Å². The summed E-state index contributed by atoms with van der Waals surface area (Å²) in [4.78, 5) is 2.68. The molecule has 2 heterocycles. The smallest absolute Gasteiger partial charge is 0.0221 e. The summed E-state index contributed by atoms with van der Waals surface area (Å²) in [6, 6.07) is 1.49. The second-order valence-electron chi connectivity index (χ2n) is 5.21. The van der Waals surface area contributed by atoms with Gasteiger partial charge >= 0.3 is 0 Å². The summed E-state index contributed by atoms with van der Waals surface area (Å²) in [5, 5.41) is 3.62. The zero-order valence-electron chi connectivity index (χ0n) is 10.0. The Morgan fingerprint density at radius 2 is 2.07 bits per heavy atom. The SMILES string of the molecule is [CH2]CC1CCN(C(C)C2CCCN2)CC1. The Hall–Kier alpha value is -0.0800. The third kappa shape index (κ3) is 2.73. The zero-order valence-corrected chi connectivity index (χ0v) is 10.0. The maximum absolute atomic E-state index is 4.03. The van der Waals surface area contributed by atoms with Crippen LogP contribution in [0.1, 0.15) is 39.0 Å². The number of likely N-dealkylation sites (tertiary alicyclic amines) is 1. The van der Waals surface area contributed by atoms with E-state index in [0.717, 1.165) is 24.4 Å². The van der Waals surface area contributed by atoms with Crippen LogP contribution in [0, 0.1) is 12.8 Å². The van der Waals surface area contributed by atoms with E-state index in [1.54, 1.807) is 0 Å². The molecule has 0 amide bonds. The lowest BCUT2D eigenvalue weighted by atomic mass is 9.92. The average Bonchev–Trinajstić information content (AvgIpc) is 2.82. The second kappa shape index (κ2) is 5.31. The van der Waals surface area contributed by atoms with Crippen LogP contribution < -0.4 is 5.32 Å². The van der Waals surface area contributed by atoms with Crippen LogP contribution in [0.4, 0.5) is 0 Å². The maximum Gasteiger partial charge on any atom is 0.0221 e. The molecule has 0 spiro atoms. The summed E-state index contributed by atoms with van der Waals surface area (Å²) in [6.45, 7) is 10.2. The predicted molar refractivity (Wildman–Crippen MR) is 64.8 cm³/mol. The molecule has 2 saturated heterocycles. The monoisotopic (exact) mass is 209 g/mol. The molecular formula is C13H25N2. The fraction of sp³-hybridized carbons (Fsp3) is 0.923. The Kier molecular flexibility index (Phi) is 4.04. The first kappa shape index (κ1) is 11.4. The van der Waals surface area contributed by atoms with Crippen LogP contribution in [-0.2, 0) is 0 Å². The molecule has 0 aromatic carbocycles. The van der Waals surface area contributed by atoms with E-state index in [2.05, 4.69) is 24.1 Å². The van der Waals surface area contributed by atoms with Crippen LogP contribution >= 0.6 is 0 Å². The molecule has 1 radical (unpaired) electrons. The number of hydrogen-bond acceptors (Lipinski definition) is 2. The molecule has 15 heavy (non-hydrogen) atoms. The third-order valence-corrected chi connectivity index (χ3v) is 4.31. The van der Waals surface area contributed by atoms with Crippen LogP contribution in [0.5, 0.6) is 0 Å². The number of piperidine rings is 1. The third-order valence-electron chi connectivity index (χ3n) is 4.31. The van der Waals surface area contributed by atoms with E-state index in [0.29, 0.717) is 0 Å². The normalized spacial score (nSPS) is 32.0. The van der Waals surface area contributed by atoms with Crippen molar-refractivity contribution in [2.75, 3.05) is 19.6 Å². The van der Waals surface area contributed by atoms with Gasteiger partial charge in [0.05, 0.1) is 0 Å². The van der Waals surface area contributed by atoms with Crippen LogP contribution in [0.25, 0.3) is 0 Å². The number of hydrogen-bond donors (Lipinski definition) is 1. The molecule has 0 bridgehead atoms. The molecule has 2 aliphatic rings. The van der Waals surface area contributed by atoms with Crippen molar-refractivity contribution in [1.82, 2.24) is 10.2 Å². The van der Waals surface area contributed by atoms with Crippen LogP contribution in [0.15, 0.2) is 0 Å². The summed E-state index contributed by atoms with van der Waals surface area (Å²) >= 11 is 0. The molecule has 2 fully saturated rings. The van der Waals surface area contributed by atoms with Crippen molar-refractivity contribution >= 4 is 0 Å². The number of nitrogens with zero attached hydrogens (tertiary/aromatic N) is 1. The highest BCUT2D eigenvalue weighted by molar-refractivity contribution is 4.87. The summed E-state index contributed by atoms with van der Waals surface area (Å²) in [7, 11) is 0. The van der Waals surface area contributed by atoms with Crippen LogP contribution in [0.3, 0.4) is 0 Å². The lowest BCUT2D eigenvalue weighted by molar-refractivity contribution is 0.121. The van der Waals surface area contributed by atoms with E-state index in [1.807, 2.05) is 0 Å². The Bertz CT molecular complexity index is 179. The van der Waals surface area contributed by atoms with Gasteiger partial charge in [0.1, 0.15) is 0 Å². The topological polar surface area (TPSA) is 15.3 Å². The van der Waals surface area contributed by atoms with Crippen molar-refractivity contribution < 1.29 is 0 Å². The highest BCUT2D eigenvalue weighted by Gasteiger charge is 2.28. The van der Waals surface area contributed by atoms with Crippen molar-refractivity contribution in [3.63, 3.8) is 0 Å². The number of nitrogens with one attached hydrogen (secondary N) is 1. The first-order chi connectivity index (χ1) is 7.31. The molecule has 2 rings (SSSR count). The fourth-order valence-corrected chi connectivity index (χ4v) is 3.03. The lowest BCUT2D eigenvalue weighted by Gasteiger charge is -2.38. The van der Waals surface area contributed by atoms with Gasteiger partial charge < -0.3 is 5.32 Å². The minimum Gasteiger partial charge on any atom is -0.312 e. The van der Waals surface area contributed by atoms with E-state index in [1.165, 1.54) is 45.3 Å². The maximum atomic E-state index is 4.03. The Balaban J connectivity index is 1.78. The van der Waals surface area contributed by atoms with Gasteiger partial charge in [0.2, 0.25) is 0 Å². The summed E-state index contributed by atoms with van der Waals surface area (Å²) in [5.41, 5.74) is 0. The fourth-order valence-electron chi connectivity index (χ4n) is 3.03. The molecular weight excluding hydrogens is 184 g/mol. The van der Waals surface area contributed by atoms with Crippen molar-refractivity contribution in [2.45, 2.75) is 51.1 Å². The quantitative estimate of drug-likeness (QED) is 0.765. The van der Waals surface area contributed by atoms with E-state index in [4.69, 9.17) is 0 Å². The molecule has 2 atom stereocenters. The first-order valence-corrected chi connectivity index (χ1v) is 6.58. The van der Waals surface area contributed by atoms with E-state index in [-0.39, 0.29) is 0 Å². The van der Waals surface area contributed by atoms with E-state index in [9.17, 15) is 0 Å². The average molecular weight is 209 g/mol. The van der Waals surface area contributed by atoms with Crippen molar-refractivity contribution in [3.8, 4) is 0 Å². The van der Waals surface area contributed by atoms with Crippen molar-refractivity contribution in [2.24, 2.45) is 5.92 Å². The van der Waals surface area contributed by atoms with Gasteiger partial charge in [-0.05, 0) is 58.2 Å². The van der Waals surface area contributed by atoms with Crippen molar-refractivity contribution in [1.29, 1.82) is 0 Å². The number of rotatable bonds is 3. The largest absolute Gasteiger partial charge is 0.312 e. The molecule has 1 N–H and O–H groups in total. The van der Waals surface area contributed by atoms with Gasteiger partial charge in [-0.25, -0.2) is 0 Å². The van der Waals surface area contributed by atoms with Gasteiger partial charge in [-0.2, -0.15) is 0 Å². The van der Waals surface area contributed by atoms with Gasteiger partial charge in [-0.15, -0.1) is 0 Å². The molecule has 2 nitrogen and oxygen atoms in total. The minimum absolute atomic E-state index is 0.735. The van der Waals surface area contributed by atoms with Crippen LogP contribution in [0.2, 0.25) is 0 Å². The summed E-state index contributed by atoms with van der Waals surface area (Å²) in [6.07, 6.45) is 6.59. The Labute approximate surface area is 94.4 Å². The van der Waals surface area contributed by atoms with Gasteiger partial charge in [-0.3, -0.25) is 4.90 Å². The van der Waals surface area contributed by atoms with Gasteiger partial charge in [-0.1, -0.05) is 13.3 Å². The molecule has 0 aliphatic carbocycles. The molecule has 2 aliphatic heterocycles. The zero-order chi connectivity index (χ0) is 10.7. The van der Waals surface area contributed by atoms with Crippen molar-refractivity contribution in [3.05, 3.63) is 6.92 Å². The highest BCUT2D eigenvalue weighted by atomic mass is 15.2.